The number of likely N-dealkylation sites (tertiary alicyclic amines) is 1. The molecule has 1 saturated heterocycles. The van der Waals surface area contributed by atoms with Crippen LogP contribution in [-0.4, -0.2) is 55.9 Å². The third kappa shape index (κ3) is 4.89. The summed E-state index contributed by atoms with van der Waals surface area (Å²) < 4.78 is 15.4. The molecule has 194 valence electrons. The van der Waals surface area contributed by atoms with Gasteiger partial charge in [0.15, 0.2) is 0 Å². The molecule has 5 N–H and O–H groups in total. The molecule has 0 saturated carbocycles. The maximum Gasteiger partial charge on any atom is 0.326 e. The maximum atomic E-state index is 13.7. The fourth-order valence-electron chi connectivity index (χ4n) is 5.09. The van der Waals surface area contributed by atoms with Gasteiger partial charge in [0.1, 0.15) is 11.9 Å². The first kappa shape index (κ1) is 24.8. The minimum atomic E-state index is -1.16. The first-order valence-electron chi connectivity index (χ1n) is 12.4. The highest BCUT2D eigenvalue weighted by atomic mass is 19.1. The van der Waals surface area contributed by atoms with Crippen LogP contribution in [0.3, 0.4) is 0 Å². The summed E-state index contributed by atoms with van der Waals surface area (Å²) in [7, 11) is 0. The number of aromatic amines is 2. The molecule has 3 heterocycles. The molecule has 2 aromatic carbocycles. The number of piperidine rings is 1. The van der Waals surface area contributed by atoms with Crippen molar-refractivity contribution >= 4 is 33.8 Å². The van der Waals surface area contributed by atoms with Crippen molar-refractivity contribution in [3.63, 3.8) is 0 Å². The van der Waals surface area contributed by atoms with Crippen LogP contribution in [0.4, 0.5) is 4.39 Å². The van der Waals surface area contributed by atoms with Crippen LogP contribution in [0.5, 0.6) is 0 Å². The highest BCUT2D eigenvalue weighted by molar-refractivity contribution is 5.92. The van der Waals surface area contributed by atoms with Gasteiger partial charge in [-0.1, -0.05) is 12.1 Å². The molecule has 5 rings (SSSR count). The number of rotatable bonds is 6. The topological polar surface area (TPSA) is 129 Å². The lowest BCUT2D eigenvalue weighted by Crippen LogP contribution is -2.57. The predicted molar refractivity (Wildman–Crippen MR) is 140 cm³/mol. The number of carbonyl (C=O) groups is 2. The summed E-state index contributed by atoms with van der Waals surface area (Å²) in [6.45, 7) is 4.07. The quantitative estimate of drug-likeness (QED) is 0.320. The minimum Gasteiger partial charge on any atom is -0.361 e. The van der Waals surface area contributed by atoms with E-state index in [0.29, 0.717) is 31.4 Å². The van der Waals surface area contributed by atoms with E-state index in [1.54, 1.807) is 35.6 Å². The minimum absolute atomic E-state index is 0.0350. The number of H-pyrrole nitrogens is 2. The zero-order valence-electron chi connectivity index (χ0n) is 20.9. The Morgan fingerprint density at radius 3 is 2.62 bits per heavy atom. The third-order valence-corrected chi connectivity index (χ3v) is 7.11. The Hall–Kier alpha value is -3.92. The SMILES string of the molecule is CC(C)(N)C(=O)NC(Cc1c[nH]c2cc(F)ccc12)C(=O)N1CCC(n2c(=O)[nH]c3ccccc32)CC1. The molecular weight excluding hydrogens is 475 g/mol. The largest absolute Gasteiger partial charge is 0.361 e. The highest BCUT2D eigenvalue weighted by Gasteiger charge is 2.33. The second-order valence-electron chi connectivity index (χ2n) is 10.3. The van der Waals surface area contributed by atoms with E-state index in [4.69, 9.17) is 5.73 Å². The lowest BCUT2D eigenvalue weighted by atomic mass is 9.99. The van der Waals surface area contributed by atoms with Gasteiger partial charge in [-0.3, -0.25) is 14.2 Å². The molecular formula is C27H31FN6O3. The number of imidazole rings is 1. The van der Waals surface area contributed by atoms with E-state index in [2.05, 4.69) is 15.3 Å². The average molecular weight is 507 g/mol. The van der Waals surface area contributed by atoms with Crippen molar-refractivity contribution in [3.05, 3.63) is 70.5 Å². The summed E-state index contributed by atoms with van der Waals surface area (Å²) in [6.07, 6.45) is 3.19. The van der Waals surface area contributed by atoms with Gasteiger partial charge in [0.2, 0.25) is 11.8 Å². The molecule has 10 heteroatoms. The number of hydrogen-bond donors (Lipinski definition) is 4. The number of nitrogens with two attached hydrogens (primary N) is 1. The van der Waals surface area contributed by atoms with Crippen LogP contribution >= 0.6 is 0 Å². The van der Waals surface area contributed by atoms with E-state index >= 15 is 0 Å². The number of benzene rings is 2. The standard InChI is InChI=1S/C27H31FN6O3/c1-27(2,29)25(36)31-22(13-16-15-30-21-14-17(28)7-8-19(16)21)24(35)33-11-9-18(10-12-33)34-23-6-4-3-5-20(23)32-26(34)37/h3-8,14-15,18,22,30H,9-13,29H2,1-2H3,(H,31,36)(H,32,37). The van der Waals surface area contributed by atoms with Crippen molar-refractivity contribution in [1.29, 1.82) is 0 Å². The number of para-hydroxylation sites is 2. The Bertz CT molecular complexity index is 1520. The number of fused-ring (bicyclic) bond motifs is 2. The normalized spacial score (nSPS) is 15.8. The van der Waals surface area contributed by atoms with Crippen LogP contribution in [0, 0.1) is 5.82 Å². The van der Waals surface area contributed by atoms with Crippen LogP contribution < -0.4 is 16.7 Å². The van der Waals surface area contributed by atoms with Crippen LogP contribution in [0.1, 0.15) is 38.3 Å². The van der Waals surface area contributed by atoms with Crippen molar-refractivity contribution in [3.8, 4) is 0 Å². The lowest BCUT2D eigenvalue weighted by Gasteiger charge is -2.35. The number of carbonyl (C=O) groups excluding carboxylic acids is 2. The highest BCUT2D eigenvalue weighted by Crippen LogP contribution is 2.26. The number of hydrogen-bond acceptors (Lipinski definition) is 4. The molecule has 1 fully saturated rings. The van der Waals surface area contributed by atoms with Gasteiger partial charge in [-0.2, -0.15) is 0 Å². The van der Waals surface area contributed by atoms with E-state index in [1.165, 1.54) is 12.1 Å². The number of nitrogens with one attached hydrogen (secondary N) is 3. The predicted octanol–water partition coefficient (Wildman–Crippen LogP) is 2.58. The van der Waals surface area contributed by atoms with Gasteiger partial charge in [0.05, 0.1) is 16.6 Å². The first-order valence-corrected chi connectivity index (χ1v) is 12.4. The molecule has 1 unspecified atom stereocenters. The second kappa shape index (κ2) is 9.51. The van der Waals surface area contributed by atoms with E-state index in [1.807, 2.05) is 24.3 Å². The Morgan fingerprint density at radius 1 is 1.16 bits per heavy atom. The summed E-state index contributed by atoms with van der Waals surface area (Å²) >= 11 is 0. The van der Waals surface area contributed by atoms with Gasteiger partial charge in [-0.25, -0.2) is 9.18 Å². The van der Waals surface area contributed by atoms with Gasteiger partial charge in [0, 0.05) is 42.7 Å². The van der Waals surface area contributed by atoms with Crippen LogP contribution in [0.25, 0.3) is 21.9 Å². The number of halogens is 1. The number of amides is 2. The van der Waals surface area contributed by atoms with Crippen LogP contribution in [-0.2, 0) is 16.0 Å². The van der Waals surface area contributed by atoms with E-state index in [-0.39, 0.29) is 29.9 Å². The average Bonchev–Trinajstić information content (AvgIpc) is 3.41. The third-order valence-electron chi connectivity index (χ3n) is 7.11. The van der Waals surface area contributed by atoms with Crippen molar-refractivity contribution in [1.82, 2.24) is 24.8 Å². The van der Waals surface area contributed by atoms with Crippen molar-refractivity contribution in [2.75, 3.05) is 13.1 Å². The molecule has 9 nitrogen and oxygen atoms in total. The van der Waals surface area contributed by atoms with E-state index in [9.17, 15) is 18.8 Å². The number of nitrogens with zero attached hydrogens (tertiary/aromatic N) is 2. The van der Waals surface area contributed by atoms with Crippen molar-refractivity contribution in [2.45, 2.75) is 50.7 Å². The molecule has 0 radical (unpaired) electrons. The Labute approximate surface area is 212 Å². The van der Waals surface area contributed by atoms with Gasteiger partial charge in [0.25, 0.3) is 0 Å². The van der Waals surface area contributed by atoms with E-state index < -0.39 is 17.5 Å². The van der Waals surface area contributed by atoms with Crippen molar-refractivity contribution < 1.29 is 14.0 Å². The Morgan fingerprint density at radius 2 is 1.89 bits per heavy atom. The molecule has 0 aliphatic carbocycles. The smallest absolute Gasteiger partial charge is 0.326 e. The summed E-state index contributed by atoms with van der Waals surface area (Å²) in [6, 6.07) is 11.1. The lowest BCUT2D eigenvalue weighted by molar-refractivity contribution is -0.138. The number of aromatic nitrogens is 3. The fourth-order valence-corrected chi connectivity index (χ4v) is 5.09. The maximum absolute atomic E-state index is 13.7. The Balaban J connectivity index is 1.35. The van der Waals surface area contributed by atoms with Gasteiger partial charge in [-0.15, -0.1) is 0 Å². The molecule has 2 amide bonds. The zero-order chi connectivity index (χ0) is 26.3. The van der Waals surface area contributed by atoms with Crippen LogP contribution in [0.15, 0.2) is 53.5 Å². The molecule has 0 bridgehead atoms. The molecule has 2 aromatic heterocycles. The Kier molecular flexibility index (Phi) is 6.36. The van der Waals surface area contributed by atoms with Gasteiger partial charge >= 0.3 is 5.69 Å². The molecule has 4 aromatic rings. The van der Waals surface area contributed by atoms with E-state index in [0.717, 1.165) is 22.0 Å². The van der Waals surface area contributed by atoms with Gasteiger partial charge < -0.3 is 25.9 Å². The molecule has 1 atom stereocenters. The fraction of sp³-hybridized carbons (Fsp3) is 0.370. The molecule has 37 heavy (non-hydrogen) atoms. The first-order chi connectivity index (χ1) is 17.6. The molecule has 1 aliphatic rings. The summed E-state index contributed by atoms with van der Waals surface area (Å²) in [5.41, 5.74) is 7.74. The summed E-state index contributed by atoms with van der Waals surface area (Å²) in [5.74, 6) is -1.00. The molecule has 1 aliphatic heterocycles. The van der Waals surface area contributed by atoms with Crippen molar-refractivity contribution in [2.24, 2.45) is 5.73 Å². The second-order valence-corrected chi connectivity index (χ2v) is 10.3. The van der Waals surface area contributed by atoms with Gasteiger partial charge in [-0.05, 0) is 62.6 Å². The monoisotopic (exact) mass is 506 g/mol. The molecule has 0 spiro atoms. The van der Waals surface area contributed by atoms with Crippen LogP contribution in [0.2, 0.25) is 0 Å². The zero-order valence-corrected chi connectivity index (χ0v) is 20.9. The summed E-state index contributed by atoms with van der Waals surface area (Å²) in [5, 5.41) is 3.63. The summed E-state index contributed by atoms with van der Waals surface area (Å²) in [4.78, 5) is 46.7.